The number of nitrogens with one attached hydrogen (secondary N) is 1. The van der Waals surface area contributed by atoms with Crippen LogP contribution in [0.25, 0.3) is 0 Å². The van der Waals surface area contributed by atoms with Crippen LogP contribution in [0.3, 0.4) is 0 Å². The molecule has 0 aliphatic carbocycles. The number of aliphatic hydroxyl groups excluding tert-OH is 1. The van der Waals surface area contributed by atoms with Gasteiger partial charge in [0.25, 0.3) is 6.43 Å². The smallest absolute Gasteiger partial charge is 0.321 e. The number of aryl methyl sites for hydroxylation is 1. The van der Waals surface area contributed by atoms with E-state index in [1.165, 1.54) is 11.0 Å². The molecule has 1 saturated heterocycles. The summed E-state index contributed by atoms with van der Waals surface area (Å²) in [6.07, 6.45) is -1.60. The number of amides is 2. The topological polar surface area (TPSA) is 61.8 Å². The largest absolute Gasteiger partial charge is 0.487 e. The van der Waals surface area contributed by atoms with Crippen LogP contribution in [0.1, 0.15) is 18.4 Å². The van der Waals surface area contributed by atoms with Gasteiger partial charge in [-0.25, -0.2) is 13.6 Å². The molecule has 0 unspecified atom stereocenters. The number of urea groups is 1. The molecule has 0 saturated carbocycles. The fourth-order valence-corrected chi connectivity index (χ4v) is 2.33. The summed E-state index contributed by atoms with van der Waals surface area (Å²) in [5.41, 5.74) is 1.19. The molecule has 1 aliphatic rings. The van der Waals surface area contributed by atoms with Crippen molar-refractivity contribution in [2.75, 3.05) is 25.0 Å². The highest BCUT2D eigenvalue weighted by atomic mass is 19.3. The average molecular weight is 314 g/mol. The Bertz CT molecular complexity index is 526. The average Bonchev–Trinajstić information content (AvgIpc) is 2.47. The van der Waals surface area contributed by atoms with Gasteiger partial charge in [0.2, 0.25) is 0 Å². The second-order valence-electron chi connectivity index (χ2n) is 5.35. The van der Waals surface area contributed by atoms with E-state index < -0.39 is 19.1 Å². The first-order valence-electron chi connectivity index (χ1n) is 7.21. The van der Waals surface area contributed by atoms with Gasteiger partial charge in [0.1, 0.15) is 12.4 Å². The summed E-state index contributed by atoms with van der Waals surface area (Å²) in [4.78, 5) is 13.7. The number of rotatable bonds is 4. The molecule has 0 bridgehead atoms. The number of alkyl halides is 2. The summed E-state index contributed by atoms with van der Waals surface area (Å²) in [5, 5.41) is 12.3. The zero-order valence-electron chi connectivity index (χ0n) is 12.4. The molecular weight excluding hydrogens is 294 g/mol. The lowest BCUT2D eigenvalue weighted by atomic mass is 10.1. The number of β-amino-alcohol motifs (C(OH)–C–C–N with tert-alkyl or cyclic N) is 1. The van der Waals surface area contributed by atoms with Crippen LogP contribution in [0, 0.1) is 6.92 Å². The highest BCUT2D eigenvalue weighted by Gasteiger charge is 2.22. The van der Waals surface area contributed by atoms with Crippen LogP contribution in [0.4, 0.5) is 19.3 Å². The second kappa shape index (κ2) is 7.40. The Kier molecular flexibility index (Phi) is 5.54. The summed E-state index contributed by atoms with van der Waals surface area (Å²) >= 11 is 0. The van der Waals surface area contributed by atoms with Gasteiger partial charge in [-0.15, -0.1) is 0 Å². The minimum atomic E-state index is -2.55. The molecule has 2 N–H and O–H groups in total. The monoisotopic (exact) mass is 314 g/mol. The van der Waals surface area contributed by atoms with Crippen molar-refractivity contribution in [1.82, 2.24) is 4.90 Å². The van der Waals surface area contributed by atoms with Crippen LogP contribution in [-0.4, -0.2) is 48.3 Å². The number of anilines is 1. The third-order valence-electron chi connectivity index (χ3n) is 3.49. The van der Waals surface area contributed by atoms with Gasteiger partial charge in [-0.3, -0.25) is 0 Å². The molecule has 2 amide bonds. The number of ether oxygens (including phenoxy) is 1. The van der Waals surface area contributed by atoms with Gasteiger partial charge in [-0.05, 0) is 31.4 Å². The standard InChI is InChI=1S/C15H20F2N2O3/c1-10-4-5-11(7-13(10)22-9-14(16)17)18-15(21)19-6-2-3-12(20)8-19/h4-5,7,12,14,20H,2-3,6,8-9H2,1H3,(H,18,21)/t12-/m0/s1. The lowest BCUT2D eigenvalue weighted by molar-refractivity contribution is 0.0816. The van der Waals surface area contributed by atoms with Crippen molar-refractivity contribution in [2.24, 2.45) is 0 Å². The molecule has 1 aromatic rings. The van der Waals surface area contributed by atoms with E-state index in [1.54, 1.807) is 19.1 Å². The number of carbonyl (C=O) groups excluding carboxylic acids is 1. The lowest BCUT2D eigenvalue weighted by Gasteiger charge is -2.30. The summed E-state index contributed by atoms with van der Waals surface area (Å²) in [6, 6.07) is 4.59. The maximum absolute atomic E-state index is 12.2. The molecule has 1 aromatic carbocycles. The SMILES string of the molecule is Cc1ccc(NC(=O)N2CCC[C@H](O)C2)cc1OCC(F)F. The number of aliphatic hydroxyl groups is 1. The number of hydrogen-bond acceptors (Lipinski definition) is 3. The van der Waals surface area contributed by atoms with E-state index in [1.807, 2.05) is 0 Å². The zero-order chi connectivity index (χ0) is 16.1. The Balaban J connectivity index is 1.99. The highest BCUT2D eigenvalue weighted by molar-refractivity contribution is 5.89. The van der Waals surface area contributed by atoms with Gasteiger partial charge in [0.05, 0.1) is 6.10 Å². The maximum Gasteiger partial charge on any atom is 0.321 e. The van der Waals surface area contributed by atoms with E-state index >= 15 is 0 Å². The molecular formula is C15H20F2N2O3. The molecule has 0 radical (unpaired) electrons. The third kappa shape index (κ3) is 4.56. The van der Waals surface area contributed by atoms with Crippen molar-refractivity contribution in [3.8, 4) is 5.75 Å². The first kappa shape index (κ1) is 16.5. The van der Waals surface area contributed by atoms with Crippen molar-refractivity contribution in [2.45, 2.75) is 32.3 Å². The zero-order valence-corrected chi connectivity index (χ0v) is 12.4. The van der Waals surface area contributed by atoms with E-state index in [0.717, 1.165) is 6.42 Å². The number of hydrogen-bond donors (Lipinski definition) is 2. The lowest BCUT2D eigenvalue weighted by Crippen LogP contribution is -2.44. The predicted octanol–water partition coefficient (Wildman–Crippen LogP) is 2.63. The van der Waals surface area contributed by atoms with Gasteiger partial charge in [0.15, 0.2) is 0 Å². The van der Waals surface area contributed by atoms with Gasteiger partial charge < -0.3 is 20.1 Å². The van der Waals surface area contributed by atoms with Crippen LogP contribution in [-0.2, 0) is 0 Å². The van der Waals surface area contributed by atoms with E-state index in [0.29, 0.717) is 36.5 Å². The van der Waals surface area contributed by atoms with Crippen LogP contribution in [0.15, 0.2) is 18.2 Å². The Morgan fingerprint density at radius 1 is 1.55 bits per heavy atom. The van der Waals surface area contributed by atoms with E-state index in [2.05, 4.69) is 5.32 Å². The minimum absolute atomic E-state index is 0.298. The van der Waals surface area contributed by atoms with Crippen molar-refractivity contribution in [3.63, 3.8) is 0 Å². The second-order valence-corrected chi connectivity index (χ2v) is 5.35. The van der Waals surface area contributed by atoms with Crippen LogP contribution < -0.4 is 10.1 Å². The molecule has 1 aliphatic heterocycles. The minimum Gasteiger partial charge on any atom is -0.487 e. The molecule has 7 heteroatoms. The number of benzene rings is 1. The fraction of sp³-hybridized carbons (Fsp3) is 0.533. The van der Waals surface area contributed by atoms with Crippen LogP contribution >= 0.6 is 0 Å². The van der Waals surface area contributed by atoms with Gasteiger partial charge >= 0.3 is 6.03 Å². The molecule has 0 aromatic heterocycles. The van der Waals surface area contributed by atoms with Crippen molar-refractivity contribution in [1.29, 1.82) is 0 Å². The number of nitrogens with zero attached hydrogens (tertiary/aromatic N) is 1. The molecule has 22 heavy (non-hydrogen) atoms. The molecule has 5 nitrogen and oxygen atoms in total. The predicted molar refractivity (Wildman–Crippen MR) is 78.5 cm³/mol. The molecule has 0 spiro atoms. The summed E-state index contributed by atoms with van der Waals surface area (Å²) in [6.45, 7) is 1.94. The Morgan fingerprint density at radius 3 is 3.00 bits per heavy atom. The summed E-state index contributed by atoms with van der Waals surface area (Å²) in [5.74, 6) is 0.316. The molecule has 1 heterocycles. The fourth-order valence-electron chi connectivity index (χ4n) is 2.33. The van der Waals surface area contributed by atoms with Gasteiger partial charge in [-0.2, -0.15) is 0 Å². The summed E-state index contributed by atoms with van der Waals surface area (Å²) < 4.78 is 29.5. The highest BCUT2D eigenvalue weighted by Crippen LogP contribution is 2.23. The van der Waals surface area contributed by atoms with E-state index in [9.17, 15) is 18.7 Å². The summed E-state index contributed by atoms with van der Waals surface area (Å²) in [7, 11) is 0. The third-order valence-corrected chi connectivity index (χ3v) is 3.49. The molecule has 2 rings (SSSR count). The number of piperidine rings is 1. The van der Waals surface area contributed by atoms with E-state index in [4.69, 9.17) is 4.74 Å². The first-order chi connectivity index (χ1) is 10.5. The Hall–Kier alpha value is -1.89. The van der Waals surface area contributed by atoms with E-state index in [-0.39, 0.29) is 6.03 Å². The normalized spacial score (nSPS) is 18.4. The number of halogens is 2. The maximum atomic E-state index is 12.2. The van der Waals surface area contributed by atoms with Crippen molar-refractivity contribution < 1.29 is 23.4 Å². The first-order valence-corrected chi connectivity index (χ1v) is 7.21. The van der Waals surface area contributed by atoms with Crippen LogP contribution in [0.2, 0.25) is 0 Å². The quantitative estimate of drug-likeness (QED) is 0.898. The van der Waals surface area contributed by atoms with Crippen LogP contribution in [0.5, 0.6) is 5.75 Å². The molecule has 1 atom stereocenters. The van der Waals surface area contributed by atoms with Gasteiger partial charge in [-0.1, -0.05) is 6.07 Å². The Morgan fingerprint density at radius 2 is 2.32 bits per heavy atom. The Labute approximate surface area is 127 Å². The van der Waals surface area contributed by atoms with Crippen molar-refractivity contribution >= 4 is 11.7 Å². The number of carbonyl (C=O) groups is 1. The molecule has 122 valence electrons. The van der Waals surface area contributed by atoms with Crippen molar-refractivity contribution in [3.05, 3.63) is 23.8 Å². The molecule has 1 fully saturated rings. The van der Waals surface area contributed by atoms with Gasteiger partial charge in [0, 0.05) is 24.8 Å². The number of likely N-dealkylation sites (tertiary alicyclic amines) is 1.